The molecule has 0 radical (unpaired) electrons. The lowest BCUT2D eigenvalue weighted by Gasteiger charge is -2.10. The molecule has 13 heavy (non-hydrogen) atoms. The van der Waals surface area contributed by atoms with Gasteiger partial charge in [0.15, 0.2) is 0 Å². The molecule has 2 nitrogen and oxygen atoms in total. The summed E-state index contributed by atoms with van der Waals surface area (Å²) in [6.07, 6.45) is 8.60. The van der Waals surface area contributed by atoms with E-state index in [1.54, 1.807) is 0 Å². The molecule has 2 aliphatic rings. The van der Waals surface area contributed by atoms with Gasteiger partial charge in [0.25, 0.3) is 0 Å². The second kappa shape index (κ2) is 4.97. The minimum Gasteiger partial charge on any atom is -0.315 e. The third-order valence-electron chi connectivity index (χ3n) is 3.22. The van der Waals surface area contributed by atoms with E-state index < -0.39 is 0 Å². The summed E-state index contributed by atoms with van der Waals surface area (Å²) in [7, 11) is 0. The Labute approximate surface area is 81.5 Å². The molecule has 0 spiro atoms. The Hall–Kier alpha value is -0.0800. The van der Waals surface area contributed by atoms with Gasteiger partial charge in [0.2, 0.25) is 0 Å². The summed E-state index contributed by atoms with van der Waals surface area (Å²) in [5.41, 5.74) is 0. The lowest BCUT2D eigenvalue weighted by Crippen LogP contribution is -2.34. The number of hydrogen-bond acceptors (Lipinski definition) is 2. The van der Waals surface area contributed by atoms with Gasteiger partial charge in [-0.25, -0.2) is 0 Å². The highest BCUT2D eigenvalue weighted by atomic mass is 15.0. The van der Waals surface area contributed by atoms with Crippen LogP contribution in [0.2, 0.25) is 0 Å². The highest BCUT2D eigenvalue weighted by molar-refractivity contribution is 4.77. The molecule has 76 valence electrons. The summed E-state index contributed by atoms with van der Waals surface area (Å²) in [5, 5.41) is 7.05. The van der Waals surface area contributed by atoms with Crippen LogP contribution >= 0.6 is 0 Å². The van der Waals surface area contributed by atoms with E-state index in [2.05, 4.69) is 10.6 Å². The minimum absolute atomic E-state index is 0.765. The maximum absolute atomic E-state index is 3.55. The highest BCUT2D eigenvalue weighted by Gasteiger charge is 2.20. The van der Waals surface area contributed by atoms with Crippen molar-refractivity contribution in [2.24, 2.45) is 5.92 Å². The Morgan fingerprint density at radius 3 is 2.85 bits per heavy atom. The third kappa shape index (κ3) is 3.65. The van der Waals surface area contributed by atoms with Crippen molar-refractivity contribution in [3.05, 3.63) is 0 Å². The van der Waals surface area contributed by atoms with Gasteiger partial charge in [-0.05, 0) is 44.7 Å². The van der Waals surface area contributed by atoms with E-state index in [0.29, 0.717) is 0 Å². The van der Waals surface area contributed by atoms with Crippen molar-refractivity contribution in [2.75, 3.05) is 19.6 Å². The molecule has 1 aliphatic heterocycles. The summed E-state index contributed by atoms with van der Waals surface area (Å²) in [5.74, 6) is 1.10. The molecule has 0 amide bonds. The van der Waals surface area contributed by atoms with E-state index in [9.17, 15) is 0 Å². The second-order valence-electron chi connectivity index (χ2n) is 4.58. The topological polar surface area (TPSA) is 24.1 Å². The average molecular weight is 182 g/mol. The summed E-state index contributed by atoms with van der Waals surface area (Å²) >= 11 is 0. The van der Waals surface area contributed by atoms with Crippen molar-refractivity contribution in [2.45, 2.75) is 44.6 Å². The van der Waals surface area contributed by atoms with E-state index >= 15 is 0 Å². The first-order valence-corrected chi connectivity index (χ1v) is 5.89. The summed E-state index contributed by atoms with van der Waals surface area (Å²) in [6, 6.07) is 0.765. The fourth-order valence-corrected chi connectivity index (χ4v) is 2.13. The summed E-state index contributed by atoms with van der Waals surface area (Å²) in [6.45, 7) is 3.65. The van der Waals surface area contributed by atoms with Gasteiger partial charge in [-0.2, -0.15) is 0 Å². The molecule has 2 N–H and O–H groups in total. The first-order valence-electron chi connectivity index (χ1n) is 5.89. The van der Waals surface area contributed by atoms with E-state index in [1.165, 1.54) is 58.2 Å². The molecule has 1 atom stereocenters. The fourth-order valence-electron chi connectivity index (χ4n) is 2.13. The molecule has 1 aliphatic carbocycles. The van der Waals surface area contributed by atoms with Crippen molar-refractivity contribution in [1.82, 2.24) is 10.6 Å². The zero-order valence-electron chi connectivity index (χ0n) is 8.52. The standard InChI is InChI=1S/C11H22N2/c1(3-10-5-6-10)7-12-9-11-4-2-8-13-11/h10-13H,1-9H2. The first-order chi connectivity index (χ1) is 6.45. The maximum atomic E-state index is 3.55. The van der Waals surface area contributed by atoms with Crippen LogP contribution < -0.4 is 10.6 Å². The molecular formula is C11H22N2. The van der Waals surface area contributed by atoms with E-state index in [0.717, 1.165) is 12.0 Å². The molecule has 1 heterocycles. The molecule has 0 aromatic rings. The van der Waals surface area contributed by atoms with Gasteiger partial charge in [-0.3, -0.25) is 0 Å². The molecule has 0 aromatic carbocycles. The fraction of sp³-hybridized carbons (Fsp3) is 1.00. The normalized spacial score (nSPS) is 28.2. The Bertz CT molecular complexity index is 137. The highest BCUT2D eigenvalue weighted by Crippen LogP contribution is 2.33. The Morgan fingerprint density at radius 2 is 2.15 bits per heavy atom. The zero-order chi connectivity index (χ0) is 8.93. The van der Waals surface area contributed by atoms with E-state index in [1.807, 2.05) is 0 Å². The van der Waals surface area contributed by atoms with Gasteiger partial charge >= 0.3 is 0 Å². The summed E-state index contributed by atoms with van der Waals surface area (Å²) < 4.78 is 0. The van der Waals surface area contributed by atoms with Crippen molar-refractivity contribution in [3.63, 3.8) is 0 Å². The largest absolute Gasteiger partial charge is 0.315 e. The van der Waals surface area contributed by atoms with Crippen LogP contribution in [0, 0.1) is 5.92 Å². The summed E-state index contributed by atoms with van der Waals surface area (Å²) in [4.78, 5) is 0. The quantitative estimate of drug-likeness (QED) is 0.609. The van der Waals surface area contributed by atoms with E-state index in [4.69, 9.17) is 0 Å². The van der Waals surface area contributed by atoms with Gasteiger partial charge in [0.05, 0.1) is 0 Å². The van der Waals surface area contributed by atoms with Gasteiger partial charge in [0, 0.05) is 12.6 Å². The molecule has 1 saturated carbocycles. The maximum Gasteiger partial charge on any atom is 0.0192 e. The second-order valence-corrected chi connectivity index (χ2v) is 4.58. The van der Waals surface area contributed by atoms with Crippen LogP contribution in [0.4, 0.5) is 0 Å². The predicted molar refractivity (Wildman–Crippen MR) is 55.9 cm³/mol. The van der Waals surface area contributed by atoms with Gasteiger partial charge in [0.1, 0.15) is 0 Å². The molecule has 1 unspecified atom stereocenters. The molecule has 2 heteroatoms. The van der Waals surface area contributed by atoms with Crippen LogP contribution in [-0.4, -0.2) is 25.7 Å². The lowest BCUT2D eigenvalue weighted by molar-refractivity contribution is 0.517. The smallest absolute Gasteiger partial charge is 0.0192 e. The third-order valence-corrected chi connectivity index (χ3v) is 3.22. The van der Waals surface area contributed by atoms with Gasteiger partial charge < -0.3 is 10.6 Å². The SMILES string of the molecule is C(CNCC1CCCN1)CC1CC1. The number of hydrogen-bond donors (Lipinski definition) is 2. The molecular weight excluding hydrogens is 160 g/mol. The van der Waals surface area contributed by atoms with Crippen molar-refractivity contribution in [3.8, 4) is 0 Å². The Balaban J connectivity index is 1.39. The Morgan fingerprint density at radius 1 is 1.23 bits per heavy atom. The van der Waals surface area contributed by atoms with Crippen molar-refractivity contribution < 1.29 is 0 Å². The van der Waals surface area contributed by atoms with Crippen LogP contribution in [0.25, 0.3) is 0 Å². The van der Waals surface area contributed by atoms with Crippen molar-refractivity contribution in [1.29, 1.82) is 0 Å². The molecule has 0 bridgehead atoms. The molecule has 2 fully saturated rings. The first kappa shape index (κ1) is 9.47. The predicted octanol–water partition coefficient (Wildman–Crippen LogP) is 1.52. The average Bonchev–Trinajstić information content (AvgIpc) is 2.81. The number of rotatable bonds is 6. The zero-order valence-corrected chi connectivity index (χ0v) is 8.52. The van der Waals surface area contributed by atoms with Crippen LogP contribution in [0.15, 0.2) is 0 Å². The van der Waals surface area contributed by atoms with Crippen molar-refractivity contribution >= 4 is 0 Å². The lowest BCUT2D eigenvalue weighted by atomic mass is 10.2. The monoisotopic (exact) mass is 182 g/mol. The van der Waals surface area contributed by atoms with Crippen LogP contribution in [-0.2, 0) is 0 Å². The van der Waals surface area contributed by atoms with E-state index in [-0.39, 0.29) is 0 Å². The van der Waals surface area contributed by atoms with Crippen LogP contribution in [0.3, 0.4) is 0 Å². The molecule has 0 aromatic heterocycles. The van der Waals surface area contributed by atoms with Crippen LogP contribution in [0.1, 0.15) is 38.5 Å². The number of nitrogens with one attached hydrogen (secondary N) is 2. The van der Waals surface area contributed by atoms with Gasteiger partial charge in [-0.1, -0.05) is 12.8 Å². The van der Waals surface area contributed by atoms with Gasteiger partial charge in [-0.15, -0.1) is 0 Å². The Kier molecular flexibility index (Phi) is 3.62. The molecule has 1 saturated heterocycles. The molecule has 2 rings (SSSR count). The van der Waals surface area contributed by atoms with Crippen LogP contribution in [0.5, 0.6) is 0 Å². The minimum atomic E-state index is 0.765.